The Balaban J connectivity index is 2.40. The zero-order valence-electron chi connectivity index (χ0n) is 16.5. The molecule has 1 aromatic rings. The Hall–Kier alpha value is -1.22. The highest BCUT2D eigenvalue weighted by molar-refractivity contribution is 5.64. The zero-order chi connectivity index (χ0) is 17.7. The van der Waals surface area contributed by atoms with Crippen molar-refractivity contribution in [3.8, 4) is 5.75 Å². The maximum atomic E-state index is 5.73. The molecule has 0 spiro atoms. The third kappa shape index (κ3) is 4.05. The largest absolute Gasteiger partial charge is 0.496 e. The summed E-state index contributed by atoms with van der Waals surface area (Å²) >= 11 is 0. The fraction of sp³-hybridized carbons (Fsp3) is 0.714. The molecule has 1 heterocycles. The lowest BCUT2D eigenvalue weighted by molar-refractivity contribution is 0.369. The van der Waals surface area contributed by atoms with Crippen LogP contribution in [0.25, 0.3) is 0 Å². The first-order chi connectivity index (χ1) is 11.4. The van der Waals surface area contributed by atoms with Crippen LogP contribution in [0.1, 0.15) is 77.3 Å². The van der Waals surface area contributed by atoms with Crippen molar-refractivity contribution in [2.45, 2.75) is 78.3 Å². The summed E-state index contributed by atoms with van der Waals surface area (Å²) in [6.45, 7) is 14.7. The van der Waals surface area contributed by atoms with E-state index in [2.05, 4.69) is 57.0 Å². The van der Waals surface area contributed by atoms with Crippen molar-refractivity contribution in [1.82, 2.24) is 5.32 Å². The summed E-state index contributed by atoms with van der Waals surface area (Å²) in [5.41, 5.74) is 4.35. The van der Waals surface area contributed by atoms with E-state index in [1.165, 1.54) is 36.1 Å². The molecular weight excluding hydrogens is 296 g/mol. The van der Waals surface area contributed by atoms with Crippen molar-refractivity contribution in [3.05, 3.63) is 23.3 Å². The number of methoxy groups -OCH3 is 1. The molecule has 0 bridgehead atoms. The number of fused-ring (bicyclic) bond motifs is 1. The van der Waals surface area contributed by atoms with Crippen LogP contribution < -0.4 is 15.0 Å². The second kappa shape index (κ2) is 8.24. The Morgan fingerprint density at radius 2 is 2.00 bits per heavy atom. The fourth-order valence-corrected chi connectivity index (χ4v) is 4.02. The summed E-state index contributed by atoms with van der Waals surface area (Å²) in [6.07, 6.45) is 4.83. The van der Waals surface area contributed by atoms with Gasteiger partial charge in [0.15, 0.2) is 0 Å². The van der Waals surface area contributed by atoms with E-state index >= 15 is 0 Å². The van der Waals surface area contributed by atoms with Crippen molar-refractivity contribution >= 4 is 5.69 Å². The average molecular weight is 333 g/mol. The molecule has 1 aromatic carbocycles. The molecule has 0 aromatic heterocycles. The van der Waals surface area contributed by atoms with Gasteiger partial charge in [-0.25, -0.2) is 0 Å². The quantitative estimate of drug-likeness (QED) is 0.671. The number of unbranched alkanes of at least 4 members (excludes halogenated alkanes) is 1. The minimum absolute atomic E-state index is 0.203. The molecule has 0 amide bonds. The molecule has 1 N–H and O–H groups in total. The van der Waals surface area contributed by atoms with Crippen molar-refractivity contribution in [2.24, 2.45) is 0 Å². The summed E-state index contributed by atoms with van der Waals surface area (Å²) < 4.78 is 5.73. The minimum Gasteiger partial charge on any atom is -0.496 e. The first kappa shape index (κ1) is 19.1. The summed E-state index contributed by atoms with van der Waals surface area (Å²) in [4.78, 5) is 2.61. The van der Waals surface area contributed by atoms with Gasteiger partial charge in [0, 0.05) is 35.9 Å². The van der Waals surface area contributed by atoms with Gasteiger partial charge in [0.05, 0.1) is 7.11 Å². The Labute approximate surface area is 148 Å². The number of ether oxygens (including phenoxy) is 1. The van der Waals surface area contributed by atoms with Crippen molar-refractivity contribution in [2.75, 3.05) is 25.1 Å². The molecule has 0 radical (unpaired) electrons. The predicted molar refractivity (Wildman–Crippen MR) is 104 cm³/mol. The number of rotatable bonds is 8. The SMILES string of the molecule is CCCCN1c2cc(OC)c(CNCCC)cc2C(C)CC1(C)C. The number of hydrogen-bond donors (Lipinski definition) is 1. The van der Waals surface area contributed by atoms with E-state index in [1.807, 2.05) is 0 Å². The average Bonchev–Trinajstić information content (AvgIpc) is 2.54. The Morgan fingerprint density at radius 1 is 1.25 bits per heavy atom. The van der Waals surface area contributed by atoms with E-state index in [0.717, 1.165) is 31.8 Å². The molecule has 1 atom stereocenters. The van der Waals surface area contributed by atoms with Crippen LogP contribution in [0.3, 0.4) is 0 Å². The fourth-order valence-electron chi connectivity index (χ4n) is 4.02. The minimum atomic E-state index is 0.203. The molecule has 2 rings (SSSR count). The van der Waals surface area contributed by atoms with Gasteiger partial charge in [-0.1, -0.05) is 27.2 Å². The van der Waals surface area contributed by atoms with Crippen molar-refractivity contribution in [1.29, 1.82) is 0 Å². The number of nitrogens with one attached hydrogen (secondary N) is 1. The topological polar surface area (TPSA) is 24.5 Å². The maximum absolute atomic E-state index is 5.73. The third-order valence-electron chi connectivity index (χ3n) is 5.27. The number of anilines is 1. The number of hydrogen-bond acceptors (Lipinski definition) is 3. The summed E-state index contributed by atoms with van der Waals surface area (Å²) in [6, 6.07) is 4.67. The van der Waals surface area contributed by atoms with Crippen LogP contribution in [0.5, 0.6) is 5.75 Å². The summed E-state index contributed by atoms with van der Waals surface area (Å²) in [7, 11) is 1.79. The Morgan fingerprint density at radius 3 is 2.62 bits per heavy atom. The normalized spacial score (nSPS) is 19.2. The maximum Gasteiger partial charge on any atom is 0.125 e. The van der Waals surface area contributed by atoms with Gasteiger partial charge in [0.2, 0.25) is 0 Å². The zero-order valence-corrected chi connectivity index (χ0v) is 16.5. The first-order valence-corrected chi connectivity index (χ1v) is 9.63. The summed E-state index contributed by atoms with van der Waals surface area (Å²) in [5.74, 6) is 1.60. The van der Waals surface area contributed by atoms with Crippen LogP contribution >= 0.6 is 0 Å². The highest BCUT2D eigenvalue weighted by Gasteiger charge is 2.36. The van der Waals surface area contributed by atoms with Gasteiger partial charge in [0.25, 0.3) is 0 Å². The molecule has 0 fully saturated rings. The Kier molecular flexibility index (Phi) is 6.56. The van der Waals surface area contributed by atoms with Crippen molar-refractivity contribution < 1.29 is 4.74 Å². The number of nitrogens with zero attached hydrogens (tertiary/aromatic N) is 1. The standard InChI is InChI=1S/C21H36N2O/c1-7-9-11-23-19-13-20(24-6)17(15-22-10-8-2)12-18(19)16(3)14-21(23,4)5/h12-13,16,22H,7-11,14-15H2,1-6H3. The van der Waals surface area contributed by atoms with Crippen LogP contribution in [0.2, 0.25) is 0 Å². The van der Waals surface area contributed by atoms with Crippen LogP contribution in [-0.2, 0) is 6.54 Å². The van der Waals surface area contributed by atoms with Crippen LogP contribution in [0, 0.1) is 0 Å². The van der Waals surface area contributed by atoms with Crippen LogP contribution in [-0.4, -0.2) is 25.7 Å². The number of benzene rings is 1. The van der Waals surface area contributed by atoms with Gasteiger partial charge >= 0.3 is 0 Å². The lowest BCUT2D eigenvalue weighted by Crippen LogP contribution is -2.48. The molecule has 136 valence electrons. The van der Waals surface area contributed by atoms with E-state index in [0.29, 0.717) is 5.92 Å². The van der Waals surface area contributed by atoms with E-state index < -0.39 is 0 Å². The van der Waals surface area contributed by atoms with E-state index in [4.69, 9.17) is 4.74 Å². The lowest BCUT2D eigenvalue weighted by atomic mass is 9.79. The highest BCUT2D eigenvalue weighted by atomic mass is 16.5. The van der Waals surface area contributed by atoms with Crippen molar-refractivity contribution in [3.63, 3.8) is 0 Å². The summed E-state index contributed by atoms with van der Waals surface area (Å²) in [5, 5.41) is 3.52. The highest BCUT2D eigenvalue weighted by Crippen LogP contribution is 2.45. The molecule has 1 aliphatic rings. The van der Waals surface area contributed by atoms with Crippen LogP contribution in [0.15, 0.2) is 12.1 Å². The predicted octanol–water partition coefficient (Wildman–Crippen LogP) is 5.09. The molecule has 0 saturated heterocycles. The smallest absolute Gasteiger partial charge is 0.125 e. The second-order valence-corrected chi connectivity index (χ2v) is 7.82. The van der Waals surface area contributed by atoms with Gasteiger partial charge < -0.3 is 15.0 Å². The molecule has 0 saturated carbocycles. The monoisotopic (exact) mass is 332 g/mol. The lowest BCUT2D eigenvalue weighted by Gasteiger charge is -2.48. The van der Waals surface area contributed by atoms with Gasteiger partial charge in [-0.2, -0.15) is 0 Å². The van der Waals surface area contributed by atoms with Gasteiger partial charge in [-0.15, -0.1) is 0 Å². The molecule has 3 heteroatoms. The van der Waals surface area contributed by atoms with E-state index in [-0.39, 0.29) is 5.54 Å². The van der Waals surface area contributed by atoms with E-state index in [1.54, 1.807) is 7.11 Å². The second-order valence-electron chi connectivity index (χ2n) is 7.82. The molecule has 3 nitrogen and oxygen atoms in total. The molecule has 1 unspecified atom stereocenters. The first-order valence-electron chi connectivity index (χ1n) is 9.63. The molecule has 24 heavy (non-hydrogen) atoms. The van der Waals surface area contributed by atoms with Gasteiger partial charge in [-0.05, 0) is 57.2 Å². The third-order valence-corrected chi connectivity index (χ3v) is 5.27. The molecular formula is C21H36N2O. The van der Waals surface area contributed by atoms with E-state index in [9.17, 15) is 0 Å². The van der Waals surface area contributed by atoms with Gasteiger partial charge in [-0.3, -0.25) is 0 Å². The van der Waals surface area contributed by atoms with Gasteiger partial charge in [0.1, 0.15) is 5.75 Å². The molecule has 0 aliphatic carbocycles. The molecule has 1 aliphatic heterocycles. The Bertz CT molecular complexity index is 539. The van der Waals surface area contributed by atoms with Crippen LogP contribution in [0.4, 0.5) is 5.69 Å².